The number of carbonyl (C=O) groups is 3. The third-order valence-electron chi connectivity index (χ3n) is 2.41. The number of unbranched alkanes of at least 4 members (excludes halogenated alkanes) is 2. The van der Waals surface area contributed by atoms with Crippen molar-refractivity contribution in [2.75, 3.05) is 6.54 Å². The van der Waals surface area contributed by atoms with Crippen LogP contribution in [0.4, 0.5) is 0 Å². The Morgan fingerprint density at radius 3 is 2.69 bits per heavy atom. The highest BCUT2D eigenvalue weighted by Crippen LogP contribution is 2.03. The third kappa shape index (κ3) is 3.98. The van der Waals surface area contributed by atoms with Gasteiger partial charge in [0.1, 0.15) is 6.04 Å². The second kappa shape index (κ2) is 6.22. The van der Waals surface area contributed by atoms with E-state index in [1.54, 1.807) is 0 Å². The van der Waals surface area contributed by atoms with Crippen LogP contribution in [0.2, 0.25) is 0 Å². The van der Waals surface area contributed by atoms with Crippen LogP contribution in [-0.4, -0.2) is 30.3 Å². The quantitative estimate of drug-likeness (QED) is 0.401. The Kier molecular flexibility index (Phi) is 4.91. The van der Waals surface area contributed by atoms with E-state index < -0.39 is 11.9 Å². The van der Waals surface area contributed by atoms with Gasteiger partial charge in [-0.25, -0.2) is 0 Å². The van der Waals surface area contributed by atoms with Crippen molar-refractivity contribution in [3.63, 3.8) is 0 Å². The van der Waals surface area contributed by atoms with Crippen LogP contribution >= 0.6 is 0 Å². The van der Waals surface area contributed by atoms with Gasteiger partial charge in [-0.3, -0.25) is 19.7 Å². The van der Waals surface area contributed by atoms with E-state index in [-0.39, 0.29) is 18.2 Å². The summed E-state index contributed by atoms with van der Waals surface area (Å²) in [5.74, 6) is -0.939. The van der Waals surface area contributed by atoms with Crippen LogP contribution in [0.15, 0.2) is 0 Å². The van der Waals surface area contributed by atoms with E-state index in [9.17, 15) is 14.4 Å². The Hall–Kier alpha value is -1.43. The van der Waals surface area contributed by atoms with Crippen LogP contribution in [0.5, 0.6) is 0 Å². The predicted octanol–water partition coefficient (Wildman–Crippen LogP) is -0.963. The number of nitrogens with one attached hydrogen (secondary N) is 2. The summed E-state index contributed by atoms with van der Waals surface area (Å²) in [6.07, 6.45) is 2.98. The van der Waals surface area contributed by atoms with E-state index >= 15 is 0 Å². The van der Waals surface area contributed by atoms with Crippen molar-refractivity contribution in [2.45, 2.75) is 38.1 Å². The first-order valence-electron chi connectivity index (χ1n) is 5.46. The molecule has 1 fully saturated rings. The number of rotatable bonds is 6. The van der Waals surface area contributed by atoms with Crippen LogP contribution in [0.1, 0.15) is 32.1 Å². The highest BCUT2D eigenvalue weighted by atomic mass is 16.2. The molecule has 0 aliphatic carbocycles. The average molecular weight is 227 g/mol. The fourth-order valence-electron chi connectivity index (χ4n) is 1.54. The lowest BCUT2D eigenvalue weighted by molar-refractivity contribution is -0.128. The second-order valence-electron chi connectivity index (χ2n) is 3.84. The van der Waals surface area contributed by atoms with Gasteiger partial charge in [-0.2, -0.15) is 0 Å². The molecule has 6 heteroatoms. The highest BCUT2D eigenvalue weighted by molar-refractivity contribution is 6.06. The van der Waals surface area contributed by atoms with Gasteiger partial charge in [-0.05, 0) is 19.4 Å². The molecule has 4 N–H and O–H groups in total. The van der Waals surface area contributed by atoms with E-state index in [1.807, 2.05) is 0 Å². The molecule has 90 valence electrons. The summed E-state index contributed by atoms with van der Waals surface area (Å²) in [5.41, 5.74) is 5.32. The van der Waals surface area contributed by atoms with Crippen LogP contribution in [-0.2, 0) is 14.4 Å². The predicted molar refractivity (Wildman–Crippen MR) is 57.2 cm³/mol. The second-order valence-corrected chi connectivity index (χ2v) is 3.84. The van der Waals surface area contributed by atoms with E-state index in [4.69, 9.17) is 5.73 Å². The third-order valence-corrected chi connectivity index (χ3v) is 2.41. The van der Waals surface area contributed by atoms with Gasteiger partial charge in [0.25, 0.3) is 0 Å². The molecule has 0 spiro atoms. The maximum absolute atomic E-state index is 11.4. The molecule has 0 aromatic rings. The summed E-state index contributed by atoms with van der Waals surface area (Å²) >= 11 is 0. The first kappa shape index (κ1) is 12.6. The normalized spacial score (nSPS) is 19.7. The number of hydrogen-bond donors (Lipinski definition) is 3. The monoisotopic (exact) mass is 227 g/mol. The summed E-state index contributed by atoms with van der Waals surface area (Å²) < 4.78 is 0. The Bertz CT molecular complexity index is 291. The summed E-state index contributed by atoms with van der Waals surface area (Å²) in [7, 11) is 0. The topological polar surface area (TPSA) is 101 Å². The minimum absolute atomic E-state index is 0.0490. The molecule has 1 saturated heterocycles. The molecule has 6 nitrogen and oxygen atoms in total. The number of hydrogen-bond acceptors (Lipinski definition) is 4. The SMILES string of the molecule is NCCCCCC(=O)NC1CC(=O)NC1=O. The molecule has 3 amide bonds. The standard InChI is InChI=1S/C10H17N3O3/c11-5-3-1-2-4-8(14)12-7-6-9(15)13-10(7)16/h7H,1-6,11H2,(H,12,14)(H,13,15,16). The number of nitrogens with two attached hydrogens (primary N) is 1. The summed E-state index contributed by atoms with van der Waals surface area (Å²) in [4.78, 5) is 33.4. The first-order valence-corrected chi connectivity index (χ1v) is 5.46. The van der Waals surface area contributed by atoms with Crippen LogP contribution in [0.25, 0.3) is 0 Å². The van der Waals surface area contributed by atoms with Gasteiger partial charge in [0.05, 0.1) is 6.42 Å². The molecule has 1 unspecified atom stereocenters. The van der Waals surface area contributed by atoms with Crippen molar-refractivity contribution in [3.8, 4) is 0 Å². The smallest absolute Gasteiger partial charge is 0.249 e. The van der Waals surface area contributed by atoms with Gasteiger partial charge in [0.15, 0.2) is 0 Å². The molecule has 1 aliphatic rings. The van der Waals surface area contributed by atoms with Crippen molar-refractivity contribution in [2.24, 2.45) is 5.73 Å². The number of carbonyl (C=O) groups excluding carboxylic acids is 3. The molecule has 0 saturated carbocycles. The Balaban J connectivity index is 2.19. The fourth-order valence-corrected chi connectivity index (χ4v) is 1.54. The van der Waals surface area contributed by atoms with Crippen molar-refractivity contribution in [1.82, 2.24) is 10.6 Å². The van der Waals surface area contributed by atoms with E-state index in [1.165, 1.54) is 0 Å². The molecular weight excluding hydrogens is 210 g/mol. The largest absolute Gasteiger partial charge is 0.344 e. The number of amides is 3. The zero-order valence-electron chi connectivity index (χ0n) is 9.12. The fraction of sp³-hybridized carbons (Fsp3) is 0.700. The maximum atomic E-state index is 11.4. The molecule has 16 heavy (non-hydrogen) atoms. The van der Waals surface area contributed by atoms with E-state index in [2.05, 4.69) is 10.6 Å². The zero-order valence-corrected chi connectivity index (χ0v) is 9.12. The molecule has 0 radical (unpaired) electrons. The van der Waals surface area contributed by atoms with Gasteiger partial charge >= 0.3 is 0 Å². The van der Waals surface area contributed by atoms with E-state index in [0.717, 1.165) is 19.3 Å². The van der Waals surface area contributed by atoms with Crippen molar-refractivity contribution in [3.05, 3.63) is 0 Å². The maximum Gasteiger partial charge on any atom is 0.249 e. The molecule has 1 atom stereocenters. The van der Waals surface area contributed by atoms with Crippen molar-refractivity contribution >= 4 is 17.7 Å². The van der Waals surface area contributed by atoms with Crippen molar-refractivity contribution in [1.29, 1.82) is 0 Å². The Morgan fingerprint density at radius 1 is 1.38 bits per heavy atom. The highest BCUT2D eigenvalue weighted by Gasteiger charge is 2.31. The summed E-state index contributed by atoms with van der Waals surface area (Å²) in [6.45, 7) is 0.626. The molecule has 1 rings (SSSR count). The summed E-state index contributed by atoms with van der Waals surface area (Å²) in [6, 6.07) is -0.686. The average Bonchev–Trinajstić information content (AvgIpc) is 2.52. The first-order chi connectivity index (χ1) is 7.63. The van der Waals surface area contributed by atoms with Gasteiger partial charge in [0, 0.05) is 6.42 Å². The zero-order chi connectivity index (χ0) is 12.0. The lowest BCUT2D eigenvalue weighted by atomic mass is 10.1. The van der Waals surface area contributed by atoms with Crippen LogP contribution < -0.4 is 16.4 Å². The van der Waals surface area contributed by atoms with Gasteiger partial charge in [-0.15, -0.1) is 0 Å². The van der Waals surface area contributed by atoms with Gasteiger partial charge < -0.3 is 11.1 Å². The molecule has 0 aromatic carbocycles. The van der Waals surface area contributed by atoms with Crippen molar-refractivity contribution < 1.29 is 14.4 Å². The lowest BCUT2D eigenvalue weighted by Gasteiger charge is -2.08. The van der Waals surface area contributed by atoms with Crippen LogP contribution in [0, 0.1) is 0 Å². The van der Waals surface area contributed by atoms with Gasteiger partial charge in [0.2, 0.25) is 17.7 Å². The molecule has 0 aromatic heterocycles. The molecular formula is C10H17N3O3. The minimum Gasteiger partial charge on any atom is -0.344 e. The summed E-state index contributed by atoms with van der Waals surface area (Å²) in [5, 5.41) is 4.67. The molecule has 1 heterocycles. The Labute approximate surface area is 93.9 Å². The number of imide groups is 1. The van der Waals surface area contributed by atoms with Crippen LogP contribution in [0.3, 0.4) is 0 Å². The van der Waals surface area contributed by atoms with Gasteiger partial charge in [-0.1, -0.05) is 6.42 Å². The van der Waals surface area contributed by atoms with E-state index in [0.29, 0.717) is 13.0 Å². The molecule has 1 aliphatic heterocycles. The minimum atomic E-state index is -0.686. The Morgan fingerprint density at radius 2 is 2.12 bits per heavy atom. The molecule has 0 bridgehead atoms. The lowest BCUT2D eigenvalue weighted by Crippen LogP contribution is -2.40.